The van der Waals surface area contributed by atoms with Crippen molar-refractivity contribution in [3.8, 4) is 11.5 Å². The van der Waals surface area contributed by atoms with Crippen LogP contribution in [0.2, 0.25) is 0 Å². The van der Waals surface area contributed by atoms with Crippen LogP contribution in [0.1, 0.15) is 5.56 Å². The van der Waals surface area contributed by atoms with Crippen molar-refractivity contribution in [1.29, 1.82) is 0 Å². The summed E-state index contributed by atoms with van der Waals surface area (Å²) in [6.45, 7) is 0. The Balaban J connectivity index is 2.84. The molecule has 0 bridgehead atoms. The lowest BCUT2D eigenvalue weighted by atomic mass is 10.0. The number of rotatable bonds is 5. The number of hydrogen-bond acceptors (Lipinski definition) is 4. The minimum absolute atomic E-state index is 0.0554. The van der Waals surface area contributed by atoms with E-state index in [2.05, 4.69) is 5.32 Å². The molecule has 0 saturated heterocycles. The molecule has 0 fully saturated rings. The predicted molar refractivity (Wildman–Crippen MR) is 54.1 cm³/mol. The zero-order valence-electron chi connectivity index (χ0n) is 8.25. The third-order valence-corrected chi connectivity index (χ3v) is 2.06. The Hall–Kier alpha value is -2.24. The van der Waals surface area contributed by atoms with E-state index in [1.807, 2.05) is 0 Å². The predicted octanol–water partition coefficient (Wildman–Crippen LogP) is -0.161. The van der Waals surface area contributed by atoms with Crippen LogP contribution in [0.15, 0.2) is 18.2 Å². The second-order valence-electron chi connectivity index (χ2n) is 3.19. The summed E-state index contributed by atoms with van der Waals surface area (Å²) in [4.78, 5) is 20.9. The molecule has 0 saturated carbocycles. The lowest BCUT2D eigenvalue weighted by molar-refractivity contribution is -0.140. The summed E-state index contributed by atoms with van der Waals surface area (Å²) in [6.07, 6.45) is 0.233. The summed E-state index contributed by atoms with van der Waals surface area (Å²) in [5.41, 5.74) is 0.333. The topological polar surface area (TPSA) is 107 Å². The monoisotopic (exact) mass is 225 g/mol. The number of carbonyl (C=O) groups excluding carboxylic acids is 1. The van der Waals surface area contributed by atoms with Gasteiger partial charge in [0.2, 0.25) is 6.41 Å². The van der Waals surface area contributed by atoms with E-state index >= 15 is 0 Å². The molecule has 0 aliphatic carbocycles. The standard InChI is InChI=1S/C10H11NO5/c12-5-11-8(10(15)16)3-6-1-2-7(13)4-9(6)14/h1-2,4-5,8,13-14H,3H2,(H,11,12)(H,15,16). The van der Waals surface area contributed by atoms with Crippen LogP contribution in [0.5, 0.6) is 11.5 Å². The van der Waals surface area contributed by atoms with Gasteiger partial charge in [-0.2, -0.15) is 0 Å². The van der Waals surface area contributed by atoms with E-state index in [9.17, 15) is 14.7 Å². The third-order valence-electron chi connectivity index (χ3n) is 2.06. The van der Waals surface area contributed by atoms with E-state index in [0.29, 0.717) is 5.56 Å². The van der Waals surface area contributed by atoms with E-state index in [4.69, 9.17) is 10.2 Å². The fraction of sp³-hybridized carbons (Fsp3) is 0.200. The molecule has 0 aliphatic rings. The van der Waals surface area contributed by atoms with Crippen molar-refractivity contribution in [1.82, 2.24) is 5.32 Å². The Bertz CT molecular complexity index is 404. The maximum atomic E-state index is 10.7. The van der Waals surface area contributed by atoms with Gasteiger partial charge in [0.25, 0.3) is 0 Å². The van der Waals surface area contributed by atoms with Crippen LogP contribution in [0.4, 0.5) is 0 Å². The summed E-state index contributed by atoms with van der Waals surface area (Å²) in [6, 6.07) is 2.73. The Morgan fingerprint density at radius 1 is 1.44 bits per heavy atom. The molecule has 6 heteroatoms. The number of phenolic OH excluding ortho intramolecular Hbond substituents is 2. The number of carbonyl (C=O) groups is 2. The van der Waals surface area contributed by atoms with Gasteiger partial charge in [0.05, 0.1) is 0 Å². The summed E-state index contributed by atoms with van der Waals surface area (Å²) in [5.74, 6) is -1.52. The van der Waals surface area contributed by atoms with Crippen LogP contribution >= 0.6 is 0 Å². The average molecular weight is 225 g/mol. The molecule has 0 radical (unpaired) electrons. The number of aliphatic carboxylic acids is 1. The summed E-state index contributed by atoms with van der Waals surface area (Å²) in [5, 5.41) is 29.3. The van der Waals surface area contributed by atoms with Crippen LogP contribution in [-0.2, 0) is 16.0 Å². The molecular weight excluding hydrogens is 214 g/mol. The number of amides is 1. The van der Waals surface area contributed by atoms with Crippen LogP contribution < -0.4 is 5.32 Å². The third kappa shape index (κ3) is 2.88. The molecule has 1 rings (SSSR count). The lowest BCUT2D eigenvalue weighted by Crippen LogP contribution is -2.37. The normalized spacial score (nSPS) is 11.8. The molecule has 1 aromatic rings. The second-order valence-corrected chi connectivity index (χ2v) is 3.19. The highest BCUT2D eigenvalue weighted by atomic mass is 16.4. The molecule has 0 aromatic heterocycles. The first-order chi connectivity index (χ1) is 7.54. The second kappa shape index (κ2) is 5.01. The maximum absolute atomic E-state index is 10.7. The molecular formula is C10H11NO5. The van der Waals surface area contributed by atoms with Gasteiger partial charge >= 0.3 is 5.97 Å². The van der Waals surface area contributed by atoms with Gasteiger partial charge in [0, 0.05) is 12.5 Å². The molecule has 16 heavy (non-hydrogen) atoms. The van der Waals surface area contributed by atoms with Gasteiger partial charge < -0.3 is 20.6 Å². The molecule has 1 unspecified atom stereocenters. The van der Waals surface area contributed by atoms with Gasteiger partial charge in [-0.05, 0) is 11.6 Å². The first-order valence-electron chi connectivity index (χ1n) is 4.48. The highest BCUT2D eigenvalue weighted by Crippen LogP contribution is 2.23. The van der Waals surface area contributed by atoms with Gasteiger partial charge in [-0.25, -0.2) is 4.79 Å². The maximum Gasteiger partial charge on any atom is 0.326 e. The van der Waals surface area contributed by atoms with Crippen molar-refractivity contribution in [2.75, 3.05) is 0 Å². The molecule has 0 aliphatic heterocycles. The van der Waals surface area contributed by atoms with Crippen molar-refractivity contribution in [3.63, 3.8) is 0 Å². The smallest absolute Gasteiger partial charge is 0.326 e. The van der Waals surface area contributed by atoms with E-state index in [1.165, 1.54) is 12.1 Å². The molecule has 0 heterocycles. The number of carboxylic acids is 1. The fourth-order valence-corrected chi connectivity index (χ4v) is 1.24. The number of aromatic hydroxyl groups is 2. The quantitative estimate of drug-likeness (QED) is 0.521. The van der Waals surface area contributed by atoms with Crippen molar-refractivity contribution < 1.29 is 24.9 Å². The lowest BCUT2D eigenvalue weighted by Gasteiger charge is -2.12. The number of nitrogens with one attached hydrogen (secondary N) is 1. The van der Waals surface area contributed by atoms with E-state index in [1.54, 1.807) is 0 Å². The number of carboxylic acid groups (broad SMARTS) is 1. The summed E-state index contributed by atoms with van der Waals surface area (Å²) < 4.78 is 0. The Labute approximate surface area is 91.1 Å². The molecule has 1 atom stereocenters. The summed E-state index contributed by atoms with van der Waals surface area (Å²) in [7, 11) is 0. The van der Waals surface area contributed by atoms with E-state index in [-0.39, 0.29) is 24.3 Å². The largest absolute Gasteiger partial charge is 0.508 e. The molecule has 6 nitrogen and oxygen atoms in total. The highest BCUT2D eigenvalue weighted by Gasteiger charge is 2.18. The van der Waals surface area contributed by atoms with Gasteiger partial charge in [0.1, 0.15) is 17.5 Å². The highest BCUT2D eigenvalue weighted by molar-refractivity contribution is 5.76. The Morgan fingerprint density at radius 3 is 2.62 bits per heavy atom. The van der Waals surface area contributed by atoms with Crippen LogP contribution in [-0.4, -0.2) is 33.7 Å². The molecule has 0 spiro atoms. The van der Waals surface area contributed by atoms with E-state index in [0.717, 1.165) is 6.07 Å². The summed E-state index contributed by atoms with van der Waals surface area (Å²) >= 11 is 0. The van der Waals surface area contributed by atoms with Crippen molar-refractivity contribution in [3.05, 3.63) is 23.8 Å². The van der Waals surface area contributed by atoms with E-state index < -0.39 is 12.0 Å². The zero-order chi connectivity index (χ0) is 12.1. The zero-order valence-corrected chi connectivity index (χ0v) is 8.25. The SMILES string of the molecule is O=CNC(Cc1ccc(O)cc1O)C(=O)O. The van der Waals surface area contributed by atoms with Gasteiger partial charge in [-0.15, -0.1) is 0 Å². The minimum atomic E-state index is -1.19. The van der Waals surface area contributed by atoms with Gasteiger partial charge in [-0.3, -0.25) is 4.79 Å². The van der Waals surface area contributed by atoms with Crippen molar-refractivity contribution in [2.24, 2.45) is 0 Å². The molecule has 86 valence electrons. The Morgan fingerprint density at radius 2 is 2.12 bits per heavy atom. The average Bonchev–Trinajstić information content (AvgIpc) is 2.20. The van der Waals surface area contributed by atoms with Gasteiger partial charge in [-0.1, -0.05) is 6.07 Å². The van der Waals surface area contributed by atoms with Crippen LogP contribution in [0.3, 0.4) is 0 Å². The number of phenols is 2. The van der Waals surface area contributed by atoms with Crippen LogP contribution in [0.25, 0.3) is 0 Å². The van der Waals surface area contributed by atoms with Crippen LogP contribution in [0, 0.1) is 0 Å². The first-order valence-corrected chi connectivity index (χ1v) is 4.48. The number of benzene rings is 1. The van der Waals surface area contributed by atoms with Gasteiger partial charge in [0.15, 0.2) is 0 Å². The minimum Gasteiger partial charge on any atom is -0.508 e. The van der Waals surface area contributed by atoms with Crippen molar-refractivity contribution >= 4 is 12.4 Å². The Kier molecular flexibility index (Phi) is 3.71. The van der Waals surface area contributed by atoms with Crippen molar-refractivity contribution in [2.45, 2.75) is 12.5 Å². The molecule has 1 aromatic carbocycles. The molecule has 4 N–H and O–H groups in total. The number of hydrogen-bond donors (Lipinski definition) is 4. The first kappa shape index (κ1) is 11.8. The fourth-order valence-electron chi connectivity index (χ4n) is 1.24. The molecule has 1 amide bonds.